The van der Waals surface area contributed by atoms with Crippen LogP contribution < -0.4 is 5.32 Å². The second kappa shape index (κ2) is 6.95. The van der Waals surface area contributed by atoms with E-state index in [1.54, 1.807) is 0 Å². The highest BCUT2D eigenvalue weighted by Gasteiger charge is 2.26. The van der Waals surface area contributed by atoms with Gasteiger partial charge in [0.05, 0.1) is 6.20 Å². The van der Waals surface area contributed by atoms with Crippen molar-refractivity contribution in [2.24, 2.45) is 13.0 Å². The molecule has 2 atom stereocenters. The molecule has 2 aromatic rings. The molecule has 0 aliphatic carbocycles. The summed E-state index contributed by atoms with van der Waals surface area (Å²) in [5.41, 5.74) is 1.34. The van der Waals surface area contributed by atoms with Crippen LogP contribution >= 0.6 is 11.8 Å². The van der Waals surface area contributed by atoms with Crippen LogP contribution in [0.15, 0.2) is 47.6 Å². The predicted molar refractivity (Wildman–Crippen MR) is 85.9 cm³/mol. The van der Waals surface area contributed by atoms with Crippen molar-refractivity contribution in [2.45, 2.75) is 30.0 Å². The van der Waals surface area contributed by atoms with E-state index in [-0.39, 0.29) is 0 Å². The third kappa shape index (κ3) is 3.64. The highest BCUT2D eigenvalue weighted by atomic mass is 32.2. The molecule has 108 valence electrons. The van der Waals surface area contributed by atoms with Gasteiger partial charge in [-0.3, -0.25) is 4.68 Å². The fourth-order valence-corrected chi connectivity index (χ4v) is 3.72. The second-order valence-electron chi connectivity index (χ2n) is 5.35. The lowest BCUT2D eigenvalue weighted by Crippen LogP contribution is -2.31. The summed E-state index contributed by atoms with van der Waals surface area (Å²) in [6.45, 7) is 4.56. The molecule has 1 N–H and O–H groups in total. The lowest BCUT2D eigenvalue weighted by Gasteiger charge is -2.29. The third-order valence-electron chi connectivity index (χ3n) is 3.41. The summed E-state index contributed by atoms with van der Waals surface area (Å²) in [7, 11) is 4.00. The van der Waals surface area contributed by atoms with Crippen LogP contribution in [0, 0.1) is 5.92 Å². The summed E-state index contributed by atoms with van der Waals surface area (Å²) in [6, 6.07) is 11.0. The molecule has 0 bridgehead atoms. The Morgan fingerprint density at radius 1 is 1.20 bits per heavy atom. The lowest BCUT2D eigenvalue weighted by atomic mass is 9.96. The van der Waals surface area contributed by atoms with Gasteiger partial charge in [-0.2, -0.15) is 5.10 Å². The number of benzene rings is 1. The molecule has 3 nitrogen and oxygen atoms in total. The van der Waals surface area contributed by atoms with Crippen LogP contribution in [0.5, 0.6) is 0 Å². The number of thioether (sulfide) groups is 1. The summed E-state index contributed by atoms with van der Waals surface area (Å²) < 4.78 is 1.86. The zero-order valence-electron chi connectivity index (χ0n) is 12.6. The summed E-state index contributed by atoms with van der Waals surface area (Å²) in [5.74, 6) is 0.567. The Kier molecular flexibility index (Phi) is 5.26. The first-order valence-electron chi connectivity index (χ1n) is 6.99. The van der Waals surface area contributed by atoms with E-state index in [1.165, 1.54) is 10.5 Å². The molecular formula is C16H23N3S. The average Bonchev–Trinajstić information content (AvgIpc) is 2.85. The van der Waals surface area contributed by atoms with E-state index in [0.29, 0.717) is 17.2 Å². The maximum absolute atomic E-state index is 4.26. The highest BCUT2D eigenvalue weighted by molar-refractivity contribution is 8.00. The number of aromatic nitrogens is 2. The minimum atomic E-state index is 0.335. The molecule has 1 heterocycles. The topological polar surface area (TPSA) is 29.9 Å². The van der Waals surface area contributed by atoms with Gasteiger partial charge in [0.15, 0.2) is 0 Å². The Morgan fingerprint density at radius 2 is 1.90 bits per heavy atom. The van der Waals surface area contributed by atoms with Crippen LogP contribution in [0.25, 0.3) is 0 Å². The predicted octanol–water partition coefficient (Wildman–Crippen LogP) is 3.50. The third-order valence-corrected chi connectivity index (χ3v) is 4.98. The Bertz CT molecular complexity index is 522. The maximum Gasteiger partial charge on any atom is 0.0625 e. The van der Waals surface area contributed by atoms with Crippen molar-refractivity contribution >= 4 is 11.8 Å². The minimum Gasteiger partial charge on any atom is -0.312 e. The number of nitrogens with zero attached hydrogens (tertiary/aromatic N) is 2. The Labute approximate surface area is 125 Å². The molecule has 20 heavy (non-hydrogen) atoms. The monoisotopic (exact) mass is 289 g/mol. The van der Waals surface area contributed by atoms with Crippen LogP contribution in [0.1, 0.15) is 25.5 Å². The van der Waals surface area contributed by atoms with Gasteiger partial charge in [-0.05, 0) is 18.5 Å². The van der Waals surface area contributed by atoms with Gasteiger partial charge in [-0.15, -0.1) is 11.8 Å². The van der Waals surface area contributed by atoms with Crippen LogP contribution in [0.4, 0.5) is 0 Å². The standard InChI is InChI=1S/C16H23N3S/c1-12(2)16(20-14-10-18-19(4)11-14)15(17-3)13-8-6-5-7-9-13/h5-12,15-17H,1-4H3. The number of aryl methyl sites for hydroxylation is 1. The molecular weight excluding hydrogens is 266 g/mol. The number of nitrogens with one attached hydrogen (secondary N) is 1. The Morgan fingerprint density at radius 3 is 2.40 bits per heavy atom. The molecule has 0 saturated heterocycles. The molecule has 4 heteroatoms. The minimum absolute atomic E-state index is 0.335. The summed E-state index contributed by atoms with van der Waals surface area (Å²) in [6.07, 6.45) is 4.02. The van der Waals surface area contributed by atoms with Crippen LogP contribution in [0.3, 0.4) is 0 Å². The number of hydrogen-bond acceptors (Lipinski definition) is 3. The molecule has 0 amide bonds. The van der Waals surface area contributed by atoms with Crippen molar-refractivity contribution in [1.29, 1.82) is 0 Å². The SMILES string of the molecule is CNC(c1ccccc1)C(Sc1cnn(C)c1)C(C)C. The van der Waals surface area contributed by atoms with E-state index < -0.39 is 0 Å². The fraction of sp³-hybridized carbons (Fsp3) is 0.438. The summed E-state index contributed by atoms with van der Waals surface area (Å²) in [4.78, 5) is 1.22. The molecule has 0 aliphatic heterocycles. The van der Waals surface area contributed by atoms with Crippen molar-refractivity contribution in [1.82, 2.24) is 15.1 Å². The normalized spacial score (nSPS) is 14.4. The molecule has 2 unspecified atom stereocenters. The molecule has 2 rings (SSSR count). The molecule has 0 saturated carbocycles. The van der Waals surface area contributed by atoms with E-state index in [1.807, 2.05) is 36.7 Å². The molecule has 0 aliphatic rings. The van der Waals surface area contributed by atoms with Crippen molar-refractivity contribution in [3.63, 3.8) is 0 Å². The summed E-state index contributed by atoms with van der Waals surface area (Å²) >= 11 is 1.90. The van der Waals surface area contributed by atoms with Gasteiger partial charge in [-0.25, -0.2) is 0 Å². The lowest BCUT2D eigenvalue weighted by molar-refractivity contribution is 0.472. The van der Waals surface area contributed by atoms with Crippen LogP contribution in [-0.2, 0) is 7.05 Å². The summed E-state index contributed by atoms with van der Waals surface area (Å²) in [5, 5.41) is 8.21. The zero-order valence-corrected chi connectivity index (χ0v) is 13.4. The van der Waals surface area contributed by atoms with Gasteiger partial charge in [-0.1, -0.05) is 44.2 Å². The highest BCUT2D eigenvalue weighted by Crippen LogP contribution is 2.36. The quantitative estimate of drug-likeness (QED) is 0.826. The zero-order chi connectivity index (χ0) is 14.5. The molecule has 0 radical (unpaired) electrons. The first kappa shape index (κ1) is 15.1. The van der Waals surface area contributed by atoms with Crippen molar-refractivity contribution < 1.29 is 0 Å². The van der Waals surface area contributed by atoms with E-state index >= 15 is 0 Å². The van der Waals surface area contributed by atoms with Gasteiger partial charge in [0, 0.05) is 29.4 Å². The Balaban J connectivity index is 2.22. The number of rotatable bonds is 6. The van der Waals surface area contributed by atoms with Gasteiger partial charge in [0.25, 0.3) is 0 Å². The van der Waals surface area contributed by atoms with E-state index in [0.717, 1.165) is 0 Å². The van der Waals surface area contributed by atoms with Crippen molar-refractivity contribution in [3.8, 4) is 0 Å². The first-order valence-corrected chi connectivity index (χ1v) is 7.87. The molecule has 1 aromatic heterocycles. The second-order valence-corrected chi connectivity index (χ2v) is 6.60. The van der Waals surface area contributed by atoms with E-state index in [4.69, 9.17) is 0 Å². The first-order chi connectivity index (χ1) is 9.61. The van der Waals surface area contributed by atoms with Crippen LogP contribution in [0.2, 0.25) is 0 Å². The van der Waals surface area contributed by atoms with Crippen molar-refractivity contribution in [2.75, 3.05) is 7.05 Å². The maximum atomic E-state index is 4.26. The molecule has 1 aromatic carbocycles. The Hall–Kier alpha value is -1.26. The van der Waals surface area contributed by atoms with E-state index in [2.05, 4.69) is 60.8 Å². The van der Waals surface area contributed by atoms with Crippen molar-refractivity contribution in [3.05, 3.63) is 48.3 Å². The fourth-order valence-electron chi connectivity index (χ4n) is 2.39. The van der Waals surface area contributed by atoms with Gasteiger partial charge in [0.1, 0.15) is 0 Å². The van der Waals surface area contributed by atoms with E-state index in [9.17, 15) is 0 Å². The average molecular weight is 289 g/mol. The smallest absolute Gasteiger partial charge is 0.0625 e. The largest absolute Gasteiger partial charge is 0.312 e. The van der Waals surface area contributed by atoms with Gasteiger partial charge in [0.2, 0.25) is 0 Å². The number of hydrogen-bond donors (Lipinski definition) is 1. The van der Waals surface area contributed by atoms with Gasteiger partial charge < -0.3 is 5.32 Å². The molecule has 0 fully saturated rings. The van der Waals surface area contributed by atoms with Crippen LogP contribution in [-0.4, -0.2) is 22.1 Å². The van der Waals surface area contributed by atoms with Gasteiger partial charge >= 0.3 is 0 Å². The molecule has 0 spiro atoms.